The molecule has 20 heavy (non-hydrogen) atoms. The van der Waals surface area contributed by atoms with Crippen molar-refractivity contribution in [1.82, 2.24) is 19.4 Å². The molecule has 3 rings (SSSR count). The first-order chi connectivity index (χ1) is 9.41. The van der Waals surface area contributed by atoms with Crippen LogP contribution in [-0.4, -0.2) is 59.5 Å². The molecule has 0 aromatic carbocycles. The van der Waals surface area contributed by atoms with Crippen molar-refractivity contribution in [3.8, 4) is 0 Å². The maximum absolute atomic E-state index is 12.9. The number of hydrogen-bond acceptors (Lipinski definition) is 4. The van der Waals surface area contributed by atoms with Crippen molar-refractivity contribution in [1.29, 1.82) is 0 Å². The van der Waals surface area contributed by atoms with Crippen molar-refractivity contribution in [3.05, 3.63) is 11.4 Å². The van der Waals surface area contributed by atoms with Gasteiger partial charge in [0.25, 0.3) is 0 Å². The number of piperazine rings is 1. The first-order valence-electron chi connectivity index (χ1n) is 7.18. The van der Waals surface area contributed by atoms with E-state index in [0.29, 0.717) is 28.9 Å². The van der Waals surface area contributed by atoms with Crippen LogP contribution in [-0.2, 0) is 10.0 Å². The van der Waals surface area contributed by atoms with E-state index in [9.17, 15) is 8.42 Å². The fourth-order valence-corrected chi connectivity index (χ4v) is 5.53. The molecule has 2 saturated heterocycles. The smallest absolute Gasteiger partial charge is 0.247 e. The molecule has 3 heterocycles. The topological polar surface area (TPSA) is 69.3 Å². The summed E-state index contributed by atoms with van der Waals surface area (Å²) in [5.74, 6) is 0. The molecule has 0 amide bonds. The van der Waals surface area contributed by atoms with Gasteiger partial charge in [0.2, 0.25) is 10.0 Å². The Hall–Kier alpha value is -0.920. The largest absolute Gasteiger partial charge is 0.297 e. The Bertz CT molecular complexity index is 590. The van der Waals surface area contributed by atoms with Crippen molar-refractivity contribution in [2.75, 3.05) is 19.6 Å². The highest BCUT2D eigenvalue weighted by Crippen LogP contribution is 2.30. The van der Waals surface area contributed by atoms with Gasteiger partial charge in [0.1, 0.15) is 4.90 Å². The van der Waals surface area contributed by atoms with Crippen LogP contribution in [0.5, 0.6) is 0 Å². The average molecular weight is 298 g/mol. The van der Waals surface area contributed by atoms with E-state index in [4.69, 9.17) is 0 Å². The molecule has 0 saturated carbocycles. The Morgan fingerprint density at radius 2 is 2.05 bits per heavy atom. The number of nitrogens with one attached hydrogen (secondary N) is 1. The summed E-state index contributed by atoms with van der Waals surface area (Å²) < 4.78 is 27.5. The standard InChI is InChI=1S/C13H22N4O2S/c1-9-7-16-6-4-5-12(16)8-17(9)20(18,19)13-10(2)14-15-11(13)3/h9,12H,4-8H2,1-3H3,(H,14,15). The lowest BCUT2D eigenvalue weighted by Gasteiger charge is -2.41. The van der Waals surface area contributed by atoms with E-state index in [1.165, 1.54) is 6.42 Å². The van der Waals surface area contributed by atoms with Crippen LogP contribution in [0.15, 0.2) is 4.90 Å². The number of aromatic nitrogens is 2. The Kier molecular flexibility index (Phi) is 3.38. The Morgan fingerprint density at radius 1 is 1.30 bits per heavy atom. The SMILES string of the molecule is Cc1n[nH]c(C)c1S(=O)(=O)N1CC2CCCN2CC1C. The highest BCUT2D eigenvalue weighted by molar-refractivity contribution is 7.89. The van der Waals surface area contributed by atoms with Gasteiger partial charge in [0.05, 0.1) is 11.4 Å². The minimum Gasteiger partial charge on any atom is -0.297 e. The Morgan fingerprint density at radius 3 is 2.70 bits per heavy atom. The van der Waals surface area contributed by atoms with Gasteiger partial charge in [-0.15, -0.1) is 0 Å². The van der Waals surface area contributed by atoms with Crippen LogP contribution in [0.25, 0.3) is 0 Å². The molecule has 1 N–H and O–H groups in total. The van der Waals surface area contributed by atoms with Crippen molar-refractivity contribution in [2.45, 2.75) is 50.6 Å². The van der Waals surface area contributed by atoms with Crippen molar-refractivity contribution >= 4 is 10.0 Å². The zero-order valence-corrected chi connectivity index (χ0v) is 13.1. The first-order valence-corrected chi connectivity index (χ1v) is 8.62. The Labute approximate surface area is 120 Å². The number of aryl methyl sites for hydroxylation is 2. The molecule has 2 fully saturated rings. The zero-order valence-electron chi connectivity index (χ0n) is 12.3. The van der Waals surface area contributed by atoms with Gasteiger partial charge in [-0.25, -0.2) is 8.42 Å². The van der Waals surface area contributed by atoms with E-state index >= 15 is 0 Å². The van der Waals surface area contributed by atoms with E-state index in [1.54, 1.807) is 18.2 Å². The summed E-state index contributed by atoms with van der Waals surface area (Å²) in [7, 11) is -3.45. The van der Waals surface area contributed by atoms with Crippen LogP contribution in [0, 0.1) is 13.8 Å². The lowest BCUT2D eigenvalue weighted by molar-refractivity contribution is 0.117. The number of sulfonamides is 1. The summed E-state index contributed by atoms with van der Waals surface area (Å²) in [6.45, 7) is 8.05. The van der Waals surface area contributed by atoms with Gasteiger partial charge in [-0.2, -0.15) is 9.40 Å². The number of fused-ring (bicyclic) bond motifs is 1. The second kappa shape index (κ2) is 4.82. The van der Waals surface area contributed by atoms with Gasteiger partial charge in [-0.3, -0.25) is 10.00 Å². The van der Waals surface area contributed by atoms with E-state index in [-0.39, 0.29) is 6.04 Å². The number of hydrogen-bond donors (Lipinski definition) is 1. The van der Waals surface area contributed by atoms with Crippen LogP contribution in [0.1, 0.15) is 31.2 Å². The van der Waals surface area contributed by atoms with Crippen LogP contribution in [0.2, 0.25) is 0 Å². The van der Waals surface area contributed by atoms with Crippen LogP contribution < -0.4 is 0 Å². The van der Waals surface area contributed by atoms with Crippen molar-refractivity contribution in [2.24, 2.45) is 0 Å². The third-order valence-electron chi connectivity index (χ3n) is 4.51. The maximum atomic E-state index is 12.9. The molecule has 2 aliphatic rings. The van der Waals surface area contributed by atoms with E-state index in [2.05, 4.69) is 15.1 Å². The molecule has 0 bridgehead atoms. The highest BCUT2D eigenvalue weighted by atomic mass is 32.2. The van der Waals surface area contributed by atoms with Gasteiger partial charge >= 0.3 is 0 Å². The third kappa shape index (κ3) is 2.08. The first kappa shape index (κ1) is 14.0. The van der Waals surface area contributed by atoms with Gasteiger partial charge in [-0.1, -0.05) is 0 Å². The van der Waals surface area contributed by atoms with E-state index in [1.807, 2.05) is 6.92 Å². The predicted octanol–water partition coefficient (Wildman–Crippen LogP) is 0.884. The molecule has 1 aromatic heterocycles. The maximum Gasteiger partial charge on any atom is 0.247 e. The molecule has 6 nitrogen and oxygen atoms in total. The lowest BCUT2D eigenvalue weighted by atomic mass is 10.1. The third-order valence-corrected chi connectivity index (χ3v) is 6.75. The Balaban J connectivity index is 1.95. The van der Waals surface area contributed by atoms with Gasteiger partial charge < -0.3 is 0 Å². The van der Waals surface area contributed by atoms with Gasteiger partial charge in [-0.05, 0) is 40.2 Å². The highest BCUT2D eigenvalue weighted by Gasteiger charge is 2.41. The molecule has 0 spiro atoms. The van der Waals surface area contributed by atoms with Crippen LogP contribution in [0.3, 0.4) is 0 Å². The van der Waals surface area contributed by atoms with E-state index < -0.39 is 10.0 Å². The van der Waals surface area contributed by atoms with Crippen molar-refractivity contribution < 1.29 is 8.42 Å². The second-order valence-corrected chi connectivity index (χ2v) is 7.81. The fraction of sp³-hybridized carbons (Fsp3) is 0.769. The zero-order chi connectivity index (χ0) is 14.5. The fourth-order valence-electron chi connectivity index (χ4n) is 3.53. The molecule has 2 unspecified atom stereocenters. The molecule has 1 aromatic rings. The molecule has 112 valence electrons. The second-order valence-electron chi connectivity index (χ2n) is 5.98. The summed E-state index contributed by atoms with van der Waals surface area (Å²) in [4.78, 5) is 2.78. The van der Waals surface area contributed by atoms with E-state index in [0.717, 1.165) is 19.5 Å². The summed E-state index contributed by atoms with van der Waals surface area (Å²) in [6, 6.07) is 0.400. The molecule has 2 atom stereocenters. The molecule has 0 radical (unpaired) electrons. The lowest BCUT2D eigenvalue weighted by Crippen LogP contribution is -2.56. The molecular weight excluding hydrogens is 276 g/mol. The number of aromatic amines is 1. The molecule has 2 aliphatic heterocycles. The van der Waals surface area contributed by atoms with Crippen LogP contribution >= 0.6 is 0 Å². The number of nitrogens with zero attached hydrogens (tertiary/aromatic N) is 3. The minimum atomic E-state index is -3.45. The number of H-pyrrole nitrogens is 1. The summed E-state index contributed by atoms with van der Waals surface area (Å²) >= 11 is 0. The monoisotopic (exact) mass is 298 g/mol. The molecular formula is C13H22N4O2S. The quantitative estimate of drug-likeness (QED) is 0.880. The van der Waals surface area contributed by atoms with Crippen molar-refractivity contribution in [3.63, 3.8) is 0 Å². The normalized spacial score (nSPS) is 28.8. The van der Waals surface area contributed by atoms with Gasteiger partial charge in [0.15, 0.2) is 0 Å². The van der Waals surface area contributed by atoms with Crippen LogP contribution in [0.4, 0.5) is 0 Å². The minimum absolute atomic E-state index is 0.0167. The number of rotatable bonds is 2. The predicted molar refractivity (Wildman–Crippen MR) is 76.0 cm³/mol. The molecule has 0 aliphatic carbocycles. The summed E-state index contributed by atoms with van der Waals surface area (Å²) in [5.41, 5.74) is 1.19. The average Bonchev–Trinajstić information content (AvgIpc) is 2.94. The summed E-state index contributed by atoms with van der Waals surface area (Å²) in [6.07, 6.45) is 2.27. The molecule has 7 heteroatoms. The summed E-state index contributed by atoms with van der Waals surface area (Å²) in [5, 5.41) is 6.80. The van der Waals surface area contributed by atoms with Gasteiger partial charge in [0, 0.05) is 25.2 Å².